The second-order valence-electron chi connectivity index (χ2n) is 6.80. The normalized spacial score (nSPS) is 30.8. The van der Waals surface area contributed by atoms with Crippen LogP contribution in [0.1, 0.15) is 33.6 Å². The lowest BCUT2D eigenvalue weighted by atomic mass is 10.1. The highest BCUT2D eigenvalue weighted by molar-refractivity contribution is 4.91. The fourth-order valence-corrected chi connectivity index (χ4v) is 3.38. The second kappa shape index (κ2) is 7.02. The Kier molecular flexibility index (Phi) is 5.63. The van der Waals surface area contributed by atoms with Gasteiger partial charge in [0.25, 0.3) is 0 Å². The van der Waals surface area contributed by atoms with Crippen LogP contribution >= 0.6 is 0 Å². The molecule has 2 aliphatic rings. The molecule has 2 fully saturated rings. The molecule has 19 heavy (non-hydrogen) atoms. The summed E-state index contributed by atoms with van der Waals surface area (Å²) in [7, 11) is 0. The molecule has 0 aliphatic carbocycles. The van der Waals surface area contributed by atoms with Gasteiger partial charge < -0.3 is 10.4 Å². The van der Waals surface area contributed by atoms with Crippen molar-refractivity contribution in [2.24, 2.45) is 5.92 Å². The van der Waals surface area contributed by atoms with E-state index >= 15 is 0 Å². The van der Waals surface area contributed by atoms with Gasteiger partial charge in [-0.3, -0.25) is 9.80 Å². The Morgan fingerprint density at radius 3 is 2.79 bits per heavy atom. The molecule has 2 aliphatic heterocycles. The third-order valence-electron chi connectivity index (χ3n) is 4.44. The molecule has 2 N–H and O–H groups in total. The molecule has 0 aromatic heterocycles. The van der Waals surface area contributed by atoms with Gasteiger partial charge >= 0.3 is 0 Å². The molecule has 0 amide bonds. The Morgan fingerprint density at radius 1 is 1.26 bits per heavy atom. The third-order valence-corrected chi connectivity index (χ3v) is 4.44. The minimum Gasteiger partial charge on any atom is -0.390 e. The van der Waals surface area contributed by atoms with E-state index in [0.29, 0.717) is 12.0 Å². The van der Waals surface area contributed by atoms with E-state index in [0.717, 1.165) is 32.2 Å². The first kappa shape index (κ1) is 15.2. The van der Waals surface area contributed by atoms with Gasteiger partial charge in [-0.05, 0) is 38.8 Å². The van der Waals surface area contributed by atoms with Gasteiger partial charge in [-0.1, -0.05) is 13.8 Å². The van der Waals surface area contributed by atoms with Crippen LogP contribution in [-0.4, -0.2) is 72.4 Å². The zero-order valence-corrected chi connectivity index (χ0v) is 12.8. The number of nitrogens with zero attached hydrogens (tertiary/aromatic N) is 2. The van der Waals surface area contributed by atoms with E-state index in [1.807, 2.05) is 0 Å². The van der Waals surface area contributed by atoms with Crippen molar-refractivity contribution in [1.82, 2.24) is 15.1 Å². The second-order valence-corrected chi connectivity index (χ2v) is 6.80. The average Bonchev–Trinajstić information content (AvgIpc) is 2.76. The van der Waals surface area contributed by atoms with E-state index in [4.69, 9.17) is 0 Å². The first-order valence-electron chi connectivity index (χ1n) is 7.93. The molecule has 3 unspecified atom stereocenters. The van der Waals surface area contributed by atoms with Crippen LogP contribution in [0.2, 0.25) is 0 Å². The Morgan fingerprint density at radius 2 is 2.05 bits per heavy atom. The highest BCUT2D eigenvalue weighted by atomic mass is 16.3. The summed E-state index contributed by atoms with van der Waals surface area (Å²) >= 11 is 0. The van der Waals surface area contributed by atoms with Gasteiger partial charge in [0.1, 0.15) is 0 Å². The summed E-state index contributed by atoms with van der Waals surface area (Å²) in [4.78, 5) is 5.11. The van der Waals surface area contributed by atoms with Gasteiger partial charge in [0.15, 0.2) is 0 Å². The Bertz CT molecular complexity index is 272. The highest BCUT2D eigenvalue weighted by Crippen LogP contribution is 2.24. The summed E-state index contributed by atoms with van der Waals surface area (Å²) in [6.07, 6.45) is 2.45. The minimum atomic E-state index is -0.242. The number of piperazine rings is 1. The van der Waals surface area contributed by atoms with Crippen LogP contribution in [-0.2, 0) is 0 Å². The molecule has 0 radical (unpaired) electrons. The quantitative estimate of drug-likeness (QED) is 0.747. The first-order chi connectivity index (χ1) is 9.06. The first-order valence-corrected chi connectivity index (χ1v) is 7.93. The lowest BCUT2D eigenvalue weighted by molar-refractivity contribution is 0.0232. The zero-order chi connectivity index (χ0) is 13.8. The van der Waals surface area contributed by atoms with E-state index in [-0.39, 0.29) is 6.10 Å². The topological polar surface area (TPSA) is 38.7 Å². The number of hydrogen-bond donors (Lipinski definition) is 2. The number of nitrogens with one attached hydrogen (secondary N) is 1. The van der Waals surface area contributed by atoms with Crippen molar-refractivity contribution in [2.45, 2.75) is 51.8 Å². The summed E-state index contributed by atoms with van der Waals surface area (Å²) in [6.45, 7) is 12.8. The predicted octanol–water partition coefficient (Wildman–Crippen LogP) is 0.761. The molecule has 0 aromatic carbocycles. The number of fused-ring (bicyclic) bond motifs is 1. The van der Waals surface area contributed by atoms with E-state index < -0.39 is 0 Å². The standard InChI is InChI=1S/C15H31N3O/c1-12(2)7-16-8-15(19)11-18-10-14-5-4-6-17(14)9-13(18)3/h12-16,19H,4-11H2,1-3H3. The van der Waals surface area contributed by atoms with Crippen molar-refractivity contribution in [3.63, 3.8) is 0 Å². The summed E-state index contributed by atoms with van der Waals surface area (Å²) < 4.78 is 0. The number of aliphatic hydroxyl groups excluding tert-OH is 1. The van der Waals surface area contributed by atoms with E-state index in [2.05, 4.69) is 35.9 Å². The maximum Gasteiger partial charge on any atom is 0.0791 e. The molecule has 4 nitrogen and oxygen atoms in total. The molecule has 3 atom stereocenters. The fraction of sp³-hybridized carbons (Fsp3) is 1.00. The van der Waals surface area contributed by atoms with Crippen molar-refractivity contribution < 1.29 is 5.11 Å². The number of β-amino-alcohol motifs (C(OH)–C–C–N with tert-alkyl or cyclic N) is 1. The SMILES string of the molecule is CC(C)CNCC(O)CN1CC2CCCN2CC1C. The summed E-state index contributed by atoms with van der Waals surface area (Å²) in [5.41, 5.74) is 0. The van der Waals surface area contributed by atoms with Gasteiger partial charge in [-0.25, -0.2) is 0 Å². The summed E-state index contributed by atoms with van der Waals surface area (Å²) in [5, 5.41) is 13.5. The van der Waals surface area contributed by atoms with Crippen LogP contribution in [0.3, 0.4) is 0 Å². The average molecular weight is 269 g/mol. The van der Waals surface area contributed by atoms with Gasteiger partial charge in [0.05, 0.1) is 6.10 Å². The van der Waals surface area contributed by atoms with Crippen molar-refractivity contribution >= 4 is 0 Å². The Balaban J connectivity index is 1.72. The highest BCUT2D eigenvalue weighted by Gasteiger charge is 2.34. The smallest absolute Gasteiger partial charge is 0.0791 e. The minimum absolute atomic E-state index is 0.242. The van der Waals surface area contributed by atoms with Crippen LogP contribution in [0, 0.1) is 5.92 Å². The van der Waals surface area contributed by atoms with Gasteiger partial charge in [-0.2, -0.15) is 0 Å². The van der Waals surface area contributed by atoms with Crippen molar-refractivity contribution in [2.75, 3.05) is 39.3 Å². The molecule has 4 heteroatoms. The zero-order valence-electron chi connectivity index (χ0n) is 12.8. The van der Waals surface area contributed by atoms with Crippen molar-refractivity contribution in [3.8, 4) is 0 Å². The molecule has 0 spiro atoms. The number of rotatable bonds is 6. The maximum absolute atomic E-state index is 10.2. The molecular formula is C15H31N3O. The lowest BCUT2D eigenvalue weighted by Gasteiger charge is -2.43. The lowest BCUT2D eigenvalue weighted by Crippen LogP contribution is -2.57. The van der Waals surface area contributed by atoms with Crippen molar-refractivity contribution in [1.29, 1.82) is 0 Å². The van der Waals surface area contributed by atoms with Gasteiger partial charge in [0, 0.05) is 38.3 Å². The maximum atomic E-state index is 10.2. The summed E-state index contributed by atoms with van der Waals surface area (Å²) in [6, 6.07) is 1.32. The third kappa shape index (κ3) is 4.42. The van der Waals surface area contributed by atoms with Crippen LogP contribution < -0.4 is 5.32 Å². The van der Waals surface area contributed by atoms with Gasteiger partial charge in [-0.15, -0.1) is 0 Å². The van der Waals surface area contributed by atoms with Crippen LogP contribution in [0.15, 0.2) is 0 Å². The van der Waals surface area contributed by atoms with E-state index in [1.54, 1.807) is 0 Å². The molecule has 2 heterocycles. The van der Waals surface area contributed by atoms with E-state index in [1.165, 1.54) is 25.9 Å². The number of aliphatic hydroxyl groups is 1. The largest absolute Gasteiger partial charge is 0.390 e. The fourth-order valence-electron chi connectivity index (χ4n) is 3.38. The summed E-state index contributed by atoms with van der Waals surface area (Å²) in [5.74, 6) is 0.646. The van der Waals surface area contributed by atoms with Crippen LogP contribution in [0.5, 0.6) is 0 Å². The number of hydrogen-bond acceptors (Lipinski definition) is 4. The van der Waals surface area contributed by atoms with Gasteiger partial charge in [0.2, 0.25) is 0 Å². The molecule has 0 saturated carbocycles. The predicted molar refractivity (Wildman–Crippen MR) is 79.3 cm³/mol. The monoisotopic (exact) mass is 269 g/mol. The molecule has 0 aromatic rings. The molecular weight excluding hydrogens is 238 g/mol. The van der Waals surface area contributed by atoms with E-state index in [9.17, 15) is 5.11 Å². The molecule has 2 rings (SSSR count). The van der Waals surface area contributed by atoms with Crippen LogP contribution in [0.4, 0.5) is 0 Å². The molecule has 2 saturated heterocycles. The Hall–Kier alpha value is -0.160. The van der Waals surface area contributed by atoms with Crippen LogP contribution in [0.25, 0.3) is 0 Å². The van der Waals surface area contributed by atoms with Crippen molar-refractivity contribution in [3.05, 3.63) is 0 Å². The Labute approximate surface area is 118 Å². The molecule has 0 bridgehead atoms. The molecule has 112 valence electrons.